The number of carbonyl (C=O) groups excluding carboxylic acids is 1. The number of fused-ring (bicyclic) bond motifs is 1. The van der Waals surface area contributed by atoms with Gasteiger partial charge in [-0.05, 0) is 67.7 Å². The van der Waals surface area contributed by atoms with Crippen LogP contribution >= 0.6 is 0 Å². The summed E-state index contributed by atoms with van der Waals surface area (Å²) in [4.78, 5) is 17.1. The Morgan fingerprint density at radius 1 is 1.00 bits per heavy atom. The van der Waals surface area contributed by atoms with Crippen molar-refractivity contribution in [2.24, 2.45) is 5.92 Å². The van der Waals surface area contributed by atoms with E-state index in [1.165, 1.54) is 24.0 Å². The van der Waals surface area contributed by atoms with Crippen LogP contribution in [0.5, 0.6) is 0 Å². The second kappa shape index (κ2) is 8.74. The van der Waals surface area contributed by atoms with Crippen LogP contribution < -0.4 is 0 Å². The second-order valence-electron chi connectivity index (χ2n) is 8.91. The molecule has 2 aliphatic heterocycles. The average molecular weight is 420 g/mol. The minimum atomic E-state index is -3.46. The lowest BCUT2D eigenvalue weighted by Gasteiger charge is -2.36. The van der Waals surface area contributed by atoms with Crippen molar-refractivity contribution >= 4 is 15.9 Å². The number of nitrogens with zero attached hydrogens (tertiary/aromatic N) is 3. The van der Waals surface area contributed by atoms with E-state index in [1.807, 2.05) is 17.0 Å². The molecule has 2 fully saturated rings. The first-order valence-electron chi connectivity index (χ1n) is 11.1. The maximum Gasteiger partial charge on any atom is 0.243 e. The summed E-state index contributed by atoms with van der Waals surface area (Å²) in [5.74, 6) is 0.758. The molecule has 1 atom stereocenters. The van der Waals surface area contributed by atoms with E-state index >= 15 is 0 Å². The van der Waals surface area contributed by atoms with Crippen molar-refractivity contribution in [3.8, 4) is 0 Å². The fourth-order valence-electron chi connectivity index (χ4n) is 4.85. The van der Waals surface area contributed by atoms with Crippen molar-refractivity contribution in [2.75, 3.05) is 45.8 Å². The Morgan fingerprint density at radius 3 is 2.45 bits per heavy atom. The summed E-state index contributed by atoms with van der Waals surface area (Å²) < 4.78 is 27.8. The summed E-state index contributed by atoms with van der Waals surface area (Å²) in [5.41, 5.74) is 2.49. The molecular weight excluding hydrogens is 386 g/mol. The van der Waals surface area contributed by atoms with Crippen molar-refractivity contribution in [3.63, 3.8) is 0 Å². The van der Waals surface area contributed by atoms with Crippen LogP contribution in [0.2, 0.25) is 0 Å². The molecule has 0 bridgehead atoms. The van der Waals surface area contributed by atoms with Gasteiger partial charge in [-0.15, -0.1) is 0 Å². The molecule has 160 valence electrons. The molecule has 2 saturated heterocycles. The topological polar surface area (TPSA) is 60.9 Å². The van der Waals surface area contributed by atoms with Gasteiger partial charge in [0.15, 0.2) is 0 Å². The minimum Gasteiger partial charge on any atom is -0.341 e. The van der Waals surface area contributed by atoms with Crippen LogP contribution in [-0.2, 0) is 27.7 Å². The smallest absolute Gasteiger partial charge is 0.243 e. The van der Waals surface area contributed by atoms with Gasteiger partial charge in [-0.3, -0.25) is 9.69 Å². The van der Waals surface area contributed by atoms with Gasteiger partial charge in [0.2, 0.25) is 15.9 Å². The number of likely N-dealkylation sites (tertiary alicyclic amines) is 1. The van der Waals surface area contributed by atoms with Crippen LogP contribution in [0, 0.1) is 5.92 Å². The number of rotatable bonds is 4. The maximum atomic E-state index is 13.1. The molecule has 3 aliphatic rings. The molecule has 0 saturated carbocycles. The monoisotopic (exact) mass is 419 g/mol. The third-order valence-electron chi connectivity index (χ3n) is 6.66. The van der Waals surface area contributed by atoms with Gasteiger partial charge in [0.1, 0.15) is 0 Å². The van der Waals surface area contributed by atoms with E-state index < -0.39 is 10.0 Å². The summed E-state index contributed by atoms with van der Waals surface area (Å²) in [7, 11) is -3.46. The first kappa shape index (κ1) is 20.8. The molecule has 6 nitrogen and oxygen atoms in total. The Labute approximate surface area is 174 Å². The van der Waals surface area contributed by atoms with Gasteiger partial charge < -0.3 is 4.90 Å². The van der Waals surface area contributed by atoms with Gasteiger partial charge in [-0.2, -0.15) is 4.31 Å². The normalized spacial score (nSPS) is 24.3. The Balaban J connectivity index is 1.34. The largest absolute Gasteiger partial charge is 0.341 e. The zero-order valence-corrected chi connectivity index (χ0v) is 18.3. The lowest BCUT2D eigenvalue weighted by molar-refractivity contribution is -0.134. The molecule has 1 aliphatic carbocycles. The lowest BCUT2D eigenvalue weighted by atomic mass is 9.92. The number of sulfonamides is 1. The van der Waals surface area contributed by atoms with Gasteiger partial charge in [0, 0.05) is 39.3 Å². The van der Waals surface area contributed by atoms with E-state index in [-0.39, 0.29) is 5.91 Å². The highest BCUT2D eigenvalue weighted by atomic mass is 32.2. The second-order valence-corrected chi connectivity index (χ2v) is 10.8. The Morgan fingerprint density at radius 2 is 1.72 bits per heavy atom. The zero-order chi connectivity index (χ0) is 20.4. The number of carbonyl (C=O) groups is 1. The molecule has 0 spiro atoms. The van der Waals surface area contributed by atoms with Gasteiger partial charge in [0.05, 0.1) is 11.4 Å². The van der Waals surface area contributed by atoms with E-state index in [9.17, 15) is 13.2 Å². The molecule has 0 unspecified atom stereocenters. The van der Waals surface area contributed by atoms with E-state index in [2.05, 4.69) is 11.8 Å². The molecule has 0 radical (unpaired) electrons. The van der Waals surface area contributed by atoms with Crippen LogP contribution in [0.25, 0.3) is 0 Å². The lowest BCUT2D eigenvalue weighted by Crippen LogP contribution is -2.52. The van der Waals surface area contributed by atoms with Crippen molar-refractivity contribution in [1.82, 2.24) is 14.1 Å². The number of benzene rings is 1. The molecule has 1 aromatic rings. The van der Waals surface area contributed by atoms with E-state index in [0.29, 0.717) is 43.5 Å². The predicted molar refractivity (Wildman–Crippen MR) is 113 cm³/mol. The molecule has 1 amide bonds. The van der Waals surface area contributed by atoms with Crippen LogP contribution in [0.15, 0.2) is 23.1 Å². The number of aryl methyl sites for hydroxylation is 2. The Bertz CT molecular complexity index is 847. The SMILES string of the molecule is C[C@@H]1CCCN(C(=O)CN2CCN(S(=O)(=O)c3ccc4c(c3)CCCC4)CC2)C1. The fourth-order valence-corrected chi connectivity index (χ4v) is 6.33. The van der Waals surface area contributed by atoms with Gasteiger partial charge >= 0.3 is 0 Å². The summed E-state index contributed by atoms with van der Waals surface area (Å²) in [6, 6.07) is 5.65. The van der Waals surface area contributed by atoms with Crippen LogP contribution in [0.1, 0.15) is 43.7 Å². The molecule has 2 heterocycles. The number of hydrogen-bond donors (Lipinski definition) is 0. The highest BCUT2D eigenvalue weighted by Crippen LogP contribution is 2.26. The number of hydrogen-bond acceptors (Lipinski definition) is 4. The third-order valence-corrected chi connectivity index (χ3v) is 8.55. The Kier molecular flexibility index (Phi) is 6.27. The summed E-state index contributed by atoms with van der Waals surface area (Å²) >= 11 is 0. The number of piperidine rings is 1. The van der Waals surface area contributed by atoms with Gasteiger partial charge in [-0.1, -0.05) is 13.0 Å². The average Bonchev–Trinajstić information content (AvgIpc) is 2.74. The first-order valence-corrected chi connectivity index (χ1v) is 12.5. The first-order chi connectivity index (χ1) is 13.9. The van der Waals surface area contributed by atoms with Crippen molar-refractivity contribution < 1.29 is 13.2 Å². The molecular formula is C22H33N3O3S. The molecule has 29 heavy (non-hydrogen) atoms. The van der Waals surface area contributed by atoms with Crippen molar-refractivity contribution in [2.45, 2.75) is 50.3 Å². The highest BCUT2D eigenvalue weighted by molar-refractivity contribution is 7.89. The van der Waals surface area contributed by atoms with E-state index in [0.717, 1.165) is 38.8 Å². The molecule has 1 aromatic carbocycles. The number of amides is 1. The molecule has 7 heteroatoms. The maximum absolute atomic E-state index is 13.1. The summed E-state index contributed by atoms with van der Waals surface area (Å²) in [5, 5.41) is 0. The van der Waals surface area contributed by atoms with E-state index in [1.54, 1.807) is 10.4 Å². The van der Waals surface area contributed by atoms with E-state index in [4.69, 9.17) is 0 Å². The summed E-state index contributed by atoms with van der Waals surface area (Å²) in [6.07, 6.45) is 6.64. The van der Waals surface area contributed by atoms with Crippen LogP contribution in [0.3, 0.4) is 0 Å². The zero-order valence-electron chi connectivity index (χ0n) is 17.5. The summed E-state index contributed by atoms with van der Waals surface area (Å²) in [6.45, 7) is 6.43. The van der Waals surface area contributed by atoms with Gasteiger partial charge in [0.25, 0.3) is 0 Å². The predicted octanol–water partition coefficient (Wildman–Crippen LogP) is 2.13. The fraction of sp³-hybridized carbons (Fsp3) is 0.682. The van der Waals surface area contributed by atoms with Crippen molar-refractivity contribution in [1.29, 1.82) is 0 Å². The standard InChI is InChI=1S/C22H33N3O3S/c1-18-5-4-10-24(16-18)22(26)17-23-11-13-25(14-12-23)29(27,28)21-9-8-19-6-2-3-7-20(19)15-21/h8-9,15,18H,2-7,10-14,16-17H2,1H3/t18-/m1/s1. The molecule has 0 aromatic heterocycles. The Hall–Kier alpha value is -1.44. The van der Waals surface area contributed by atoms with Crippen LogP contribution in [0.4, 0.5) is 0 Å². The molecule has 4 rings (SSSR count). The van der Waals surface area contributed by atoms with Crippen LogP contribution in [-0.4, -0.2) is 74.2 Å². The van der Waals surface area contributed by atoms with Gasteiger partial charge in [-0.25, -0.2) is 8.42 Å². The third kappa shape index (κ3) is 4.67. The highest BCUT2D eigenvalue weighted by Gasteiger charge is 2.31. The van der Waals surface area contributed by atoms with Crippen molar-refractivity contribution in [3.05, 3.63) is 29.3 Å². The quantitative estimate of drug-likeness (QED) is 0.750. The number of piperazine rings is 1. The minimum absolute atomic E-state index is 0.183. The molecule has 0 N–H and O–H groups in total.